The minimum absolute atomic E-state index is 0.0117. The van der Waals surface area contributed by atoms with Gasteiger partial charge in [0.25, 0.3) is 0 Å². The molecular formula is C14H14F3NO4. The zero-order chi connectivity index (χ0) is 16.3. The van der Waals surface area contributed by atoms with E-state index < -0.39 is 23.8 Å². The number of alkyl halides is 3. The summed E-state index contributed by atoms with van der Waals surface area (Å²) >= 11 is 0. The first-order chi connectivity index (χ1) is 10.3. The number of carbonyl (C=O) groups is 2. The van der Waals surface area contributed by atoms with E-state index >= 15 is 0 Å². The predicted molar refractivity (Wildman–Crippen MR) is 68.9 cm³/mol. The molecule has 0 saturated carbocycles. The molecule has 2 rings (SSSR count). The van der Waals surface area contributed by atoms with Gasteiger partial charge in [-0.1, -0.05) is 12.1 Å². The monoisotopic (exact) mass is 317 g/mol. The average Bonchev–Trinajstić information content (AvgIpc) is 2.41. The van der Waals surface area contributed by atoms with Gasteiger partial charge in [-0.15, -0.1) is 0 Å². The van der Waals surface area contributed by atoms with Crippen LogP contribution in [-0.4, -0.2) is 41.1 Å². The van der Waals surface area contributed by atoms with Crippen molar-refractivity contribution in [2.24, 2.45) is 0 Å². The lowest BCUT2D eigenvalue weighted by Gasteiger charge is -2.32. The smallest absolute Gasteiger partial charge is 0.416 e. The molecule has 120 valence electrons. The number of ether oxygens (including phenoxy) is 1. The van der Waals surface area contributed by atoms with Crippen molar-refractivity contribution in [2.45, 2.75) is 25.2 Å². The van der Waals surface area contributed by atoms with Crippen LogP contribution in [0.5, 0.6) is 0 Å². The third kappa shape index (κ3) is 4.20. The van der Waals surface area contributed by atoms with Gasteiger partial charge >= 0.3 is 12.1 Å². The van der Waals surface area contributed by atoms with Gasteiger partial charge in [0, 0.05) is 13.1 Å². The van der Waals surface area contributed by atoms with Gasteiger partial charge < -0.3 is 14.7 Å². The highest BCUT2D eigenvalue weighted by Gasteiger charge is 2.31. The minimum atomic E-state index is -4.45. The van der Waals surface area contributed by atoms with E-state index in [1.165, 1.54) is 17.0 Å². The second-order valence-corrected chi connectivity index (χ2v) is 5.00. The van der Waals surface area contributed by atoms with Crippen molar-refractivity contribution in [1.82, 2.24) is 4.90 Å². The van der Waals surface area contributed by atoms with Crippen molar-refractivity contribution in [3.8, 4) is 0 Å². The number of carboxylic acid groups (broad SMARTS) is 1. The van der Waals surface area contributed by atoms with E-state index in [1.54, 1.807) is 0 Å². The maximum Gasteiger partial charge on any atom is 0.416 e. The van der Waals surface area contributed by atoms with Crippen LogP contribution in [0.15, 0.2) is 24.3 Å². The number of hydrogen-bond acceptors (Lipinski definition) is 3. The maximum atomic E-state index is 12.7. The lowest BCUT2D eigenvalue weighted by molar-refractivity contribution is -0.155. The number of halogens is 3. The van der Waals surface area contributed by atoms with E-state index in [1.807, 2.05) is 0 Å². The number of aliphatic carboxylic acids is 1. The molecule has 1 saturated heterocycles. The Labute approximate surface area is 124 Å². The summed E-state index contributed by atoms with van der Waals surface area (Å²) < 4.78 is 43.1. The van der Waals surface area contributed by atoms with Crippen LogP contribution in [0, 0.1) is 0 Å². The summed E-state index contributed by atoms with van der Waals surface area (Å²) in [5.41, 5.74) is -0.452. The van der Waals surface area contributed by atoms with Crippen LogP contribution in [0.25, 0.3) is 0 Å². The van der Waals surface area contributed by atoms with Gasteiger partial charge in [-0.25, -0.2) is 0 Å². The Hall–Kier alpha value is -2.09. The highest BCUT2D eigenvalue weighted by Crippen LogP contribution is 2.29. The molecule has 22 heavy (non-hydrogen) atoms. The quantitative estimate of drug-likeness (QED) is 0.921. The molecule has 0 bridgehead atoms. The molecule has 1 fully saturated rings. The predicted octanol–water partition coefficient (Wildman–Crippen LogP) is 1.91. The third-order valence-electron chi connectivity index (χ3n) is 3.25. The number of benzene rings is 1. The molecule has 8 heteroatoms. The van der Waals surface area contributed by atoms with Gasteiger partial charge in [0.05, 0.1) is 18.1 Å². The third-order valence-corrected chi connectivity index (χ3v) is 3.25. The highest BCUT2D eigenvalue weighted by molar-refractivity contribution is 5.78. The van der Waals surface area contributed by atoms with Gasteiger partial charge in [0.1, 0.15) is 6.61 Å². The average molecular weight is 317 g/mol. The maximum absolute atomic E-state index is 12.7. The standard InChI is InChI=1S/C14H14F3NO4/c15-14(16,17)10-3-1-2-9(4-10)6-18-7-11(5-13(20)21)22-8-12(18)19/h1-4,11H,5-8H2,(H,20,21). The second-order valence-electron chi connectivity index (χ2n) is 5.00. The van der Waals surface area contributed by atoms with Gasteiger partial charge in [-0.2, -0.15) is 13.2 Å². The Morgan fingerprint density at radius 3 is 2.77 bits per heavy atom. The van der Waals surface area contributed by atoms with Crippen LogP contribution in [-0.2, 0) is 27.0 Å². The Kier molecular flexibility index (Phi) is 4.70. The van der Waals surface area contributed by atoms with Crippen molar-refractivity contribution in [3.63, 3.8) is 0 Å². The largest absolute Gasteiger partial charge is 0.481 e. The van der Waals surface area contributed by atoms with E-state index in [4.69, 9.17) is 9.84 Å². The number of amides is 1. The van der Waals surface area contributed by atoms with Gasteiger partial charge in [-0.3, -0.25) is 9.59 Å². The summed E-state index contributed by atoms with van der Waals surface area (Å²) in [7, 11) is 0. The number of hydrogen-bond donors (Lipinski definition) is 1. The van der Waals surface area contributed by atoms with Crippen molar-refractivity contribution in [1.29, 1.82) is 0 Å². The van der Waals surface area contributed by atoms with Crippen molar-refractivity contribution >= 4 is 11.9 Å². The molecule has 1 amide bonds. The molecule has 1 aliphatic heterocycles. The van der Waals surface area contributed by atoms with Crippen LogP contribution < -0.4 is 0 Å². The summed E-state index contributed by atoms with van der Waals surface area (Å²) in [5, 5.41) is 8.73. The first kappa shape index (κ1) is 16.3. The molecule has 1 heterocycles. The number of rotatable bonds is 4. The van der Waals surface area contributed by atoms with E-state index in [2.05, 4.69) is 0 Å². The van der Waals surface area contributed by atoms with Gasteiger partial charge in [0.2, 0.25) is 5.91 Å². The molecule has 1 N–H and O–H groups in total. The SMILES string of the molecule is O=C(O)CC1CN(Cc2cccc(C(F)(F)F)c2)C(=O)CO1. The first-order valence-corrected chi connectivity index (χ1v) is 6.53. The van der Waals surface area contributed by atoms with Crippen LogP contribution in [0.4, 0.5) is 13.2 Å². The molecule has 1 aromatic rings. The van der Waals surface area contributed by atoms with Gasteiger partial charge in [-0.05, 0) is 17.7 Å². The summed E-state index contributed by atoms with van der Waals surface area (Å²) in [5.74, 6) is -1.43. The van der Waals surface area contributed by atoms with Crippen LogP contribution in [0.3, 0.4) is 0 Å². The summed E-state index contributed by atoms with van der Waals surface area (Å²) in [6.07, 6.45) is -5.36. The molecule has 5 nitrogen and oxygen atoms in total. The molecule has 0 radical (unpaired) electrons. The zero-order valence-corrected chi connectivity index (χ0v) is 11.5. The van der Waals surface area contributed by atoms with Crippen molar-refractivity contribution in [3.05, 3.63) is 35.4 Å². The summed E-state index contributed by atoms with van der Waals surface area (Å²) in [4.78, 5) is 23.7. The molecule has 1 aliphatic rings. The Morgan fingerprint density at radius 1 is 1.41 bits per heavy atom. The Morgan fingerprint density at radius 2 is 2.14 bits per heavy atom. The zero-order valence-electron chi connectivity index (χ0n) is 11.5. The number of carboxylic acids is 1. The highest BCUT2D eigenvalue weighted by atomic mass is 19.4. The fourth-order valence-electron chi connectivity index (χ4n) is 2.22. The van der Waals surface area contributed by atoms with Crippen LogP contribution >= 0.6 is 0 Å². The summed E-state index contributed by atoms with van der Waals surface area (Å²) in [6.45, 7) is -0.236. The molecule has 0 aromatic heterocycles. The van der Waals surface area contributed by atoms with Gasteiger partial charge in [0.15, 0.2) is 0 Å². The van der Waals surface area contributed by atoms with E-state index in [-0.39, 0.29) is 32.0 Å². The van der Waals surface area contributed by atoms with E-state index in [9.17, 15) is 22.8 Å². The molecule has 1 aromatic carbocycles. The lowest BCUT2D eigenvalue weighted by atomic mass is 10.1. The molecule has 1 atom stereocenters. The number of morpholine rings is 1. The fourth-order valence-corrected chi connectivity index (χ4v) is 2.22. The first-order valence-electron chi connectivity index (χ1n) is 6.53. The number of nitrogens with zero attached hydrogens (tertiary/aromatic N) is 1. The van der Waals surface area contributed by atoms with Crippen LogP contribution in [0.2, 0.25) is 0 Å². The Balaban J connectivity index is 2.08. The Bertz CT molecular complexity index is 573. The van der Waals surface area contributed by atoms with Crippen molar-refractivity contribution in [2.75, 3.05) is 13.2 Å². The molecule has 0 aliphatic carbocycles. The molecule has 1 unspecified atom stereocenters. The lowest BCUT2D eigenvalue weighted by Crippen LogP contribution is -2.46. The number of carbonyl (C=O) groups excluding carboxylic acids is 1. The minimum Gasteiger partial charge on any atom is -0.481 e. The van der Waals surface area contributed by atoms with Crippen molar-refractivity contribution < 1.29 is 32.6 Å². The topological polar surface area (TPSA) is 66.8 Å². The normalized spacial score (nSPS) is 19.3. The van der Waals surface area contributed by atoms with E-state index in [0.717, 1.165) is 12.1 Å². The molecule has 0 spiro atoms. The fraction of sp³-hybridized carbons (Fsp3) is 0.429. The molecular weight excluding hydrogens is 303 g/mol. The second kappa shape index (κ2) is 6.35. The summed E-state index contributed by atoms with van der Waals surface area (Å²) in [6, 6.07) is 4.70. The van der Waals surface area contributed by atoms with E-state index in [0.29, 0.717) is 5.56 Å². The van der Waals surface area contributed by atoms with Crippen LogP contribution in [0.1, 0.15) is 17.5 Å².